The van der Waals surface area contributed by atoms with Crippen LogP contribution in [-0.4, -0.2) is 15.1 Å². The fourth-order valence-corrected chi connectivity index (χ4v) is 3.02. The predicted molar refractivity (Wildman–Crippen MR) is 105 cm³/mol. The standard InChI is InChI=1S/C21H18N4O4/c1-14(22-19(18-8-5-13-28-18)15-6-3-2-4-7-15)20-23-24-21(29-20)16-9-11-17(12-10-16)25(26)27/h2-14,19,22H,1H3/t14-,19+/m0/s1. The first-order valence-electron chi connectivity index (χ1n) is 9.04. The first kappa shape index (κ1) is 18.6. The van der Waals surface area contributed by atoms with Gasteiger partial charge in [-0.2, -0.15) is 0 Å². The van der Waals surface area contributed by atoms with Gasteiger partial charge in [0.15, 0.2) is 0 Å². The molecular formula is C21H18N4O4. The van der Waals surface area contributed by atoms with Crippen molar-refractivity contribution in [3.8, 4) is 11.5 Å². The Balaban J connectivity index is 1.55. The zero-order valence-corrected chi connectivity index (χ0v) is 15.6. The van der Waals surface area contributed by atoms with Gasteiger partial charge in [0.25, 0.3) is 5.69 Å². The van der Waals surface area contributed by atoms with E-state index in [1.807, 2.05) is 49.4 Å². The summed E-state index contributed by atoms with van der Waals surface area (Å²) in [6, 6.07) is 19.2. The number of aromatic nitrogens is 2. The maximum Gasteiger partial charge on any atom is 0.269 e. The van der Waals surface area contributed by atoms with Gasteiger partial charge in [0.05, 0.1) is 23.3 Å². The van der Waals surface area contributed by atoms with Crippen LogP contribution in [0.3, 0.4) is 0 Å². The van der Waals surface area contributed by atoms with Gasteiger partial charge in [-0.1, -0.05) is 30.3 Å². The maximum absolute atomic E-state index is 10.8. The van der Waals surface area contributed by atoms with Gasteiger partial charge in [0, 0.05) is 17.7 Å². The highest BCUT2D eigenvalue weighted by atomic mass is 16.6. The Morgan fingerprint density at radius 3 is 2.41 bits per heavy atom. The minimum absolute atomic E-state index is 0.00711. The van der Waals surface area contributed by atoms with Crippen LogP contribution < -0.4 is 5.32 Å². The molecule has 0 unspecified atom stereocenters. The van der Waals surface area contributed by atoms with E-state index in [2.05, 4.69) is 15.5 Å². The van der Waals surface area contributed by atoms with Crippen LogP contribution >= 0.6 is 0 Å². The van der Waals surface area contributed by atoms with Crippen molar-refractivity contribution in [3.63, 3.8) is 0 Å². The first-order chi connectivity index (χ1) is 14.1. The number of nitro groups is 1. The Kier molecular flexibility index (Phi) is 5.17. The van der Waals surface area contributed by atoms with Crippen LogP contribution in [0.2, 0.25) is 0 Å². The molecule has 4 rings (SSSR count). The van der Waals surface area contributed by atoms with Crippen molar-refractivity contribution in [2.75, 3.05) is 0 Å². The molecule has 0 spiro atoms. The number of hydrogen-bond acceptors (Lipinski definition) is 7. The van der Waals surface area contributed by atoms with E-state index in [4.69, 9.17) is 8.83 Å². The van der Waals surface area contributed by atoms with Gasteiger partial charge >= 0.3 is 0 Å². The van der Waals surface area contributed by atoms with Crippen LogP contribution in [-0.2, 0) is 0 Å². The number of nitrogens with zero attached hydrogens (tertiary/aromatic N) is 3. The predicted octanol–water partition coefficient (Wildman–Crippen LogP) is 4.68. The SMILES string of the molecule is C[C@H](N[C@H](c1ccccc1)c1ccco1)c1nnc(-c2ccc([N+](=O)[O-])cc2)o1. The largest absolute Gasteiger partial charge is 0.467 e. The average molecular weight is 390 g/mol. The average Bonchev–Trinajstić information content (AvgIpc) is 3.45. The Morgan fingerprint density at radius 2 is 1.76 bits per heavy atom. The zero-order chi connectivity index (χ0) is 20.2. The van der Waals surface area contributed by atoms with E-state index >= 15 is 0 Å². The van der Waals surface area contributed by atoms with Crippen LogP contribution in [0.5, 0.6) is 0 Å². The lowest BCUT2D eigenvalue weighted by molar-refractivity contribution is -0.384. The smallest absolute Gasteiger partial charge is 0.269 e. The molecule has 2 aromatic heterocycles. The van der Waals surface area contributed by atoms with E-state index in [-0.39, 0.29) is 17.8 Å². The van der Waals surface area contributed by atoms with Gasteiger partial charge in [-0.3, -0.25) is 15.4 Å². The summed E-state index contributed by atoms with van der Waals surface area (Å²) in [4.78, 5) is 10.3. The van der Waals surface area contributed by atoms with E-state index in [0.29, 0.717) is 17.3 Å². The quantitative estimate of drug-likeness (QED) is 0.361. The van der Waals surface area contributed by atoms with Gasteiger partial charge in [-0.25, -0.2) is 0 Å². The topological polar surface area (TPSA) is 107 Å². The summed E-state index contributed by atoms with van der Waals surface area (Å²) < 4.78 is 11.4. The molecule has 0 radical (unpaired) electrons. The molecule has 0 bridgehead atoms. The summed E-state index contributed by atoms with van der Waals surface area (Å²) >= 11 is 0. The van der Waals surface area contributed by atoms with Crippen LogP contribution in [0.25, 0.3) is 11.5 Å². The molecule has 2 heterocycles. The van der Waals surface area contributed by atoms with Crippen LogP contribution in [0, 0.1) is 10.1 Å². The van der Waals surface area contributed by atoms with Crippen molar-refractivity contribution in [3.05, 3.63) is 100 Å². The van der Waals surface area contributed by atoms with Gasteiger partial charge in [-0.05, 0) is 36.8 Å². The Hall–Kier alpha value is -3.78. The fourth-order valence-electron chi connectivity index (χ4n) is 3.02. The second-order valence-corrected chi connectivity index (χ2v) is 6.50. The molecule has 146 valence electrons. The third-order valence-corrected chi connectivity index (χ3v) is 4.51. The molecule has 0 fully saturated rings. The van der Waals surface area contributed by atoms with Gasteiger partial charge < -0.3 is 8.83 Å². The molecule has 2 aromatic carbocycles. The number of nitro benzene ring substituents is 1. The summed E-state index contributed by atoms with van der Waals surface area (Å²) in [5, 5.41) is 22.5. The molecule has 0 saturated heterocycles. The molecule has 0 aliphatic heterocycles. The van der Waals surface area contributed by atoms with Gasteiger partial charge in [0.1, 0.15) is 5.76 Å². The van der Waals surface area contributed by atoms with Gasteiger partial charge in [0.2, 0.25) is 11.8 Å². The Bertz CT molecular complexity index is 1080. The second kappa shape index (κ2) is 8.07. The molecule has 0 amide bonds. The molecule has 8 nitrogen and oxygen atoms in total. The normalized spacial score (nSPS) is 13.1. The Labute approximate surface area is 166 Å². The number of non-ortho nitro benzene ring substituents is 1. The lowest BCUT2D eigenvalue weighted by Gasteiger charge is -2.20. The second-order valence-electron chi connectivity index (χ2n) is 6.50. The number of benzene rings is 2. The highest BCUT2D eigenvalue weighted by Crippen LogP contribution is 2.27. The summed E-state index contributed by atoms with van der Waals surface area (Å²) in [7, 11) is 0. The molecular weight excluding hydrogens is 372 g/mol. The van der Waals surface area contributed by atoms with E-state index < -0.39 is 4.92 Å². The minimum Gasteiger partial charge on any atom is -0.467 e. The van der Waals surface area contributed by atoms with E-state index in [1.165, 1.54) is 12.1 Å². The molecule has 2 atom stereocenters. The van der Waals surface area contributed by atoms with Crippen LogP contribution in [0.4, 0.5) is 5.69 Å². The maximum atomic E-state index is 10.8. The molecule has 0 saturated carbocycles. The lowest BCUT2D eigenvalue weighted by Crippen LogP contribution is -2.25. The van der Waals surface area contributed by atoms with Gasteiger partial charge in [-0.15, -0.1) is 10.2 Å². The number of nitrogens with one attached hydrogen (secondary N) is 1. The fraction of sp³-hybridized carbons (Fsp3) is 0.143. The Morgan fingerprint density at radius 1 is 1.00 bits per heavy atom. The van der Waals surface area contributed by atoms with Crippen molar-refractivity contribution >= 4 is 5.69 Å². The van der Waals surface area contributed by atoms with E-state index in [1.54, 1.807) is 18.4 Å². The molecule has 4 aromatic rings. The highest BCUT2D eigenvalue weighted by Gasteiger charge is 2.23. The summed E-state index contributed by atoms with van der Waals surface area (Å²) in [5.74, 6) is 1.49. The third kappa shape index (κ3) is 4.07. The van der Waals surface area contributed by atoms with Crippen LogP contribution in [0.15, 0.2) is 81.8 Å². The lowest BCUT2D eigenvalue weighted by atomic mass is 10.0. The molecule has 0 aliphatic carbocycles. The summed E-state index contributed by atoms with van der Waals surface area (Å²) in [5.41, 5.74) is 1.67. The molecule has 0 aliphatic rings. The van der Waals surface area contributed by atoms with Crippen molar-refractivity contribution < 1.29 is 13.8 Å². The highest BCUT2D eigenvalue weighted by molar-refractivity contribution is 5.55. The summed E-state index contributed by atoms with van der Waals surface area (Å²) in [6.07, 6.45) is 1.64. The molecule has 1 N–H and O–H groups in total. The van der Waals surface area contributed by atoms with Crippen molar-refractivity contribution in [2.45, 2.75) is 19.0 Å². The number of furan rings is 1. The number of hydrogen-bond donors (Lipinski definition) is 1. The summed E-state index contributed by atoms with van der Waals surface area (Å²) in [6.45, 7) is 1.92. The molecule has 29 heavy (non-hydrogen) atoms. The first-order valence-corrected chi connectivity index (χ1v) is 9.04. The van der Waals surface area contributed by atoms with Crippen molar-refractivity contribution in [1.29, 1.82) is 0 Å². The van der Waals surface area contributed by atoms with E-state index in [9.17, 15) is 10.1 Å². The molecule has 8 heteroatoms. The van der Waals surface area contributed by atoms with Crippen molar-refractivity contribution in [2.24, 2.45) is 0 Å². The zero-order valence-electron chi connectivity index (χ0n) is 15.6. The minimum atomic E-state index is -0.451. The third-order valence-electron chi connectivity index (χ3n) is 4.51. The number of rotatable bonds is 7. The van der Waals surface area contributed by atoms with Crippen molar-refractivity contribution in [1.82, 2.24) is 15.5 Å². The van der Waals surface area contributed by atoms with E-state index in [0.717, 1.165) is 11.3 Å². The monoisotopic (exact) mass is 390 g/mol. The van der Waals surface area contributed by atoms with Crippen LogP contribution in [0.1, 0.15) is 36.2 Å².